The van der Waals surface area contributed by atoms with Crippen LogP contribution < -0.4 is 0 Å². The van der Waals surface area contributed by atoms with Gasteiger partial charge in [-0.25, -0.2) is 29.4 Å². The molecule has 0 bridgehead atoms. The van der Waals surface area contributed by atoms with Crippen LogP contribution in [-0.4, -0.2) is 43.2 Å². The number of nitrogens with zero attached hydrogens (tertiary/aromatic N) is 4. The van der Waals surface area contributed by atoms with E-state index in [1.54, 1.807) is 53.8 Å². The molecule has 2 aromatic carbocycles. The molecule has 2 aromatic heterocycles. The predicted molar refractivity (Wildman–Crippen MR) is 151 cm³/mol. The second-order valence-corrected chi connectivity index (χ2v) is 11.4. The topological polar surface area (TPSA) is 94.5 Å². The van der Waals surface area contributed by atoms with Crippen molar-refractivity contribution in [2.24, 2.45) is 0 Å². The molecule has 0 radical (unpaired) electrons. The molecule has 0 N–H and O–H groups in total. The molecule has 0 atom stereocenters. The Labute approximate surface area is 233 Å². The number of aromatic nitrogens is 3. The predicted octanol–water partition coefficient (Wildman–Crippen LogP) is 7.68. The zero-order valence-electron chi connectivity index (χ0n) is 22.9. The third-order valence-electron chi connectivity index (χ3n) is 5.38. The second kappa shape index (κ2) is 11.0. The average molecular weight is 547 g/mol. The lowest BCUT2D eigenvalue weighted by atomic mass is 10.0. The van der Waals surface area contributed by atoms with Gasteiger partial charge in [-0.3, -0.25) is 0 Å². The molecule has 0 aliphatic carbocycles. The van der Waals surface area contributed by atoms with Gasteiger partial charge < -0.3 is 9.47 Å². The van der Waals surface area contributed by atoms with E-state index in [-0.39, 0.29) is 11.7 Å². The minimum absolute atomic E-state index is 0.0275. The normalized spacial score (nSPS) is 11.8. The van der Waals surface area contributed by atoms with Crippen LogP contribution in [0.3, 0.4) is 0 Å². The third kappa shape index (κ3) is 7.09. The zero-order valence-corrected chi connectivity index (χ0v) is 23.6. The van der Waals surface area contributed by atoms with E-state index in [9.17, 15) is 9.59 Å². The van der Waals surface area contributed by atoms with Gasteiger partial charge in [-0.2, -0.15) is 0 Å². The van der Waals surface area contributed by atoms with Crippen molar-refractivity contribution in [2.45, 2.75) is 59.3 Å². The first-order valence-corrected chi connectivity index (χ1v) is 12.9. The molecule has 0 saturated carbocycles. The monoisotopic (exact) mass is 546 g/mol. The van der Waals surface area contributed by atoms with Gasteiger partial charge in [-0.1, -0.05) is 66.2 Å². The van der Waals surface area contributed by atoms with Crippen molar-refractivity contribution in [3.8, 4) is 22.5 Å². The molecular formula is C30H31ClN4O4. The van der Waals surface area contributed by atoms with Gasteiger partial charge >= 0.3 is 12.2 Å². The summed E-state index contributed by atoms with van der Waals surface area (Å²) in [7, 11) is 0. The Bertz CT molecular complexity index is 1470. The van der Waals surface area contributed by atoms with Gasteiger partial charge in [0.15, 0.2) is 5.15 Å². The first kappa shape index (κ1) is 28.0. The van der Waals surface area contributed by atoms with Crippen LogP contribution in [0, 0.1) is 0 Å². The van der Waals surface area contributed by atoms with Crippen molar-refractivity contribution < 1.29 is 19.1 Å². The van der Waals surface area contributed by atoms with E-state index in [0.717, 1.165) is 16.0 Å². The molecule has 2 heterocycles. The smallest absolute Gasteiger partial charge is 0.420 e. The van der Waals surface area contributed by atoms with Gasteiger partial charge in [0, 0.05) is 17.3 Å². The lowest BCUT2D eigenvalue weighted by Gasteiger charge is -2.28. The summed E-state index contributed by atoms with van der Waals surface area (Å²) < 4.78 is 10.9. The Balaban J connectivity index is 1.70. The molecule has 0 unspecified atom stereocenters. The SMILES string of the molecule is CC(C)(C)OC(=O)N(Cc1ccc(-c2nc3ccnc(Cl)c3nc2-c2ccccc2)cc1)C(=O)OC(C)(C)C. The molecular weight excluding hydrogens is 516 g/mol. The number of fused-ring (bicyclic) bond motifs is 1. The Morgan fingerprint density at radius 2 is 1.31 bits per heavy atom. The molecule has 0 saturated heterocycles. The maximum absolute atomic E-state index is 12.9. The molecule has 202 valence electrons. The zero-order chi connectivity index (χ0) is 28.4. The van der Waals surface area contributed by atoms with Crippen LogP contribution in [0.1, 0.15) is 47.1 Å². The van der Waals surface area contributed by atoms with Crippen molar-refractivity contribution in [2.75, 3.05) is 0 Å². The summed E-state index contributed by atoms with van der Waals surface area (Å²) in [5.41, 5.74) is 3.31. The molecule has 0 aliphatic rings. The first-order valence-electron chi connectivity index (χ1n) is 12.5. The Morgan fingerprint density at radius 1 is 0.769 bits per heavy atom. The van der Waals surface area contributed by atoms with Crippen molar-refractivity contribution in [1.82, 2.24) is 19.9 Å². The maximum atomic E-state index is 12.9. The summed E-state index contributed by atoms with van der Waals surface area (Å²) in [6.45, 7) is 10.4. The van der Waals surface area contributed by atoms with Crippen LogP contribution in [0.15, 0.2) is 66.9 Å². The maximum Gasteiger partial charge on any atom is 0.420 e. The number of carbonyl (C=O) groups excluding carboxylic acids is 2. The summed E-state index contributed by atoms with van der Waals surface area (Å²) in [5.74, 6) is 0. The second-order valence-electron chi connectivity index (χ2n) is 11.0. The van der Waals surface area contributed by atoms with E-state index in [2.05, 4.69) is 4.98 Å². The lowest BCUT2D eigenvalue weighted by Crippen LogP contribution is -2.43. The Hall–Kier alpha value is -4.04. The number of ether oxygens (including phenoxy) is 2. The fraction of sp³-hybridized carbons (Fsp3) is 0.300. The highest BCUT2D eigenvalue weighted by atomic mass is 35.5. The molecule has 9 heteroatoms. The van der Waals surface area contributed by atoms with Crippen molar-refractivity contribution >= 4 is 34.8 Å². The van der Waals surface area contributed by atoms with E-state index in [1.165, 1.54) is 0 Å². The number of halogens is 1. The summed E-state index contributed by atoms with van der Waals surface area (Å²) >= 11 is 6.32. The largest absolute Gasteiger partial charge is 0.443 e. The first-order chi connectivity index (χ1) is 18.3. The number of hydrogen-bond acceptors (Lipinski definition) is 7. The number of imide groups is 1. The van der Waals surface area contributed by atoms with E-state index < -0.39 is 23.4 Å². The quantitative estimate of drug-likeness (QED) is 0.242. The van der Waals surface area contributed by atoms with Gasteiger partial charge in [-0.15, -0.1) is 0 Å². The molecule has 8 nitrogen and oxygen atoms in total. The highest BCUT2D eigenvalue weighted by Gasteiger charge is 2.31. The van der Waals surface area contributed by atoms with Gasteiger partial charge in [0.2, 0.25) is 0 Å². The number of amides is 2. The summed E-state index contributed by atoms with van der Waals surface area (Å²) in [6.07, 6.45) is 0.0345. The highest BCUT2D eigenvalue weighted by Crippen LogP contribution is 2.32. The van der Waals surface area contributed by atoms with Crippen LogP contribution >= 0.6 is 11.6 Å². The number of pyridine rings is 1. The molecule has 0 fully saturated rings. The summed E-state index contributed by atoms with van der Waals surface area (Å²) in [4.78, 5) is 40.6. The summed E-state index contributed by atoms with van der Waals surface area (Å²) in [6, 6.07) is 18.9. The van der Waals surface area contributed by atoms with E-state index in [0.29, 0.717) is 28.0 Å². The fourth-order valence-electron chi connectivity index (χ4n) is 3.74. The minimum atomic E-state index is -0.780. The number of benzene rings is 2. The van der Waals surface area contributed by atoms with Crippen LogP contribution in [-0.2, 0) is 16.0 Å². The molecule has 4 rings (SSSR count). The van der Waals surface area contributed by atoms with E-state index in [4.69, 9.17) is 31.0 Å². The third-order valence-corrected chi connectivity index (χ3v) is 5.66. The van der Waals surface area contributed by atoms with E-state index >= 15 is 0 Å². The van der Waals surface area contributed by atoms with Crippen LogP contribution in [0.25, 0.3) is 33.5 Å². The standard InChI is InChI=1S/C30H31ClN4O4/c1-29(2,3)38-27(36)35(28(37)39-30(4,5)6)18-19-12-14-21(15-13-19)23-24(20-10-8-7-9-11-20)34-25-22(33-23)16-17-32-26(25)31/h7-17H,18H2,1-6H3. The van der Waals surface area contributed by atoms with Crippen LogP contribution in [0.2, 0.25) is 5.15 Å². The van der Waals surface area contributed by atoms with Crippen molar-refractivity contribution in [3.05, 3.63) is 77.6 Å². The Morgan fingerprint density at radius 3 is 1.87 bits per heavy atom. The average Bonchev–Trinajstić information content (AvgIpc) is 2.85. The molecule has 0 spiro atoms. The number of rotatable bonds is 4. The molecule has 2 amide bonds. The number of hydrogen-bond donors (Lipinski definition) is 0. The Kier molecular flexibility index (Phi) is 7.88. The van der Waals surface area contributed by atoms with Crippen molar-refractivity contribution in [3.63, 3.8) is 0 Å². The fourth-order valence-corrected chi connectivity index (χ4v) is 3.93. The molecule has 39 heavy (non-hydrogen) atoms. The molecule has 4 aromatic rings. The molecule has 0 aliphatic heterocycles. The summed E-state index contributed by atoms with van der Waals surface area (Å²) in [5, 5.41) is 0.281. The minimum Gasteiger partial charge on any atom is -0.443 e. The van der Waals surface area contributed by atoms with Crippen LogP contribution in [0.5, 0.6) is 0 Å². The van der Waals surface area contributed by atoms with Gasteiger partial charge in [0.1, 0.15) is 16.7 Å². The lowest BCUT2D eigenvalue weighted by molar-refractivity contribution is -0.000248. The van der Waals surface area contributed by atoms with Gasteiger partial charge in [0.05, 0.1) is 23.4 Å². The highest BCUT2D eigenvalue weighted by molar-refractivity contribution is 6.33. The van der Waals surface area contributed by atoms with Crippen molar-refractivity contribution in [1.29, 1.82) is 0 Å². The van der Waals surface area contributed by atoms with Gasteiger partial charge in [-0.05, 0) is 53.2 Å². The van der Waals surface area contributed by atoms with Crippen LogP contribution in [0.4, 0.5) is 9.59 Å². The van der Waals surface area contributed by atoms with Gasteiger partial charge in [0.25, 0.3) is 0 Å². The number of carbonyl (C=O) groups is 2. The van der Waals surface area contributed by atoms with E-state index in [1.807, 2.05) is 54.6 Å².